The van der Waals surface area contributed by atoms with Crippen molar-refractivity contribution in [1.29, 1.82) is 0 Å². The fourth-order valence-corrected chi connectivity index (χ4v) is 3.67. The molecule has 0 aliphatic carbocycles. The summed E-state index contributed by atoms with van der Waals surface area (Å²) in [4.78, 5) is 12.3. The van der Waals surface area contributed by atoms with Gasteiger partial charge in [0, 0.05) is 31.4 Å². The van der Waals surface area contributed by atoms with Gasteiger partial charge < -0.3 is 5.32 Å². The van der Waals surface area contributed by atoms with Crippen LogP contribution >= 0.6 is 11.6 Å². The van der Waals surface area contributed by atoms with E-state index >= 15 is 0 Å². The van der Waals surface area contributed by atoms with E-state index < -0.39 is 16.3 Å². The van der Waals surface area contributed by atoms with E-state index in [0.29, 0.717) is 30.1 Å². The molecule has 8 heteroatoms. The number of nitrogens with zero attached hydrogens (tertiary/aromatic N) is 2. The van der Waals surface area contributed by atoms with Gasteiger partial charge in [-0.25, -0.2) is 0 Å². The number of hydrogen-bond acceptors (Lipinski definition) is 3. The second kappa shape index (κ2) is 6.31. The maximum atomic E-state index is 12.3. The first-order valence-corrected chi connectivity index (χ1v) is 8.35. The number of carbonyl (C=O) groups excluding carboxylic acids is 1. The van der Waals surface area contributed by atoms with E-state index in [1.165, 1.54) is 18.4 Å². The van der Waals surface area contributed by atoms with Gasteiger partial charge in [-0.05, 0) is 37.1 Å². The summed E-state index contributed by atoms with van der Waals surface area (Å²) >= 11 is 5.79. The molecule has 0 spiro atoms. The Labute approximate surface area is 129 Å². The van der Waals surface area contributed by atoms with Gasteiger partial charge in [-0.15, -0.1) is 0 Å². The fourth-order valence-electron chi connectivity index (χ4n) is 2.25. The minimum absolute atomic E-state index is 0.319. The Morgan fingerprint density at radius 1 is 1.33 bits per heavy atom. The van der Waals surface area contributed by atoms with Gasteiger partial charge in [0.1, 0.15) is 6.04 Å². The molecule has 1 amide bonds. The van der Waals surface area contributed by atoms with Crippen molar-refractivity contribution in [3.63, 3.8) is 0 Å². The zero-order valence-corrected chi connectivity index (χ0v) is 13.5. The Morgan fingerprint density at radius 2 is 1.95 bits per heavy atom. The molecule has 1 aliphatic heterocycles. The van der Waals surface area contributed by atoms with Gasteiger partial charge in [0.05, 0.1) is 0 Å². The molecule has 1 heterocycles. The van der Waals surface area contributed by atoms with Gasteiger partial charge in [-0.1, -0.05) is 11.6 Å². The van der Waals surface area contributed by atoms with Crippen molar-refractivity contribution in [2.75, 3.05) is 26.0 Å². The highest BCUT2D eigenvalue weighted by molar-refractivity contribution is 7.86. The van der Waals surface area contributed by atoms with E-state index in [4.69, 9.17) is 11.6 Å². The Morgan fingerprint density at radius 3 is 2.52 bits per heavy atom. The SMILES string of the molecule is CN(C)S(=O)(=O)N1CCC[C@@H]1C(=O)Nc1ccc(Cl)cc1. The van der Waals surface area contributed by atoms with E-state index in [0.717, 1.165) is 4.31 Å². The van der Waals surface area contributed by atoms with E-state index in [-0.39, 0.29) is 5.91 Å². The zero-order chi connectivity index (χ0) is 15.6. The molecule has 0 aromatic heterocycles. The monoisotopic (exact) mass is 331 g/mol. The molecule has 0 radical (unpaired) electrons. The van der Waals surface area contributed by atoms with Crippen LogP contribution in [-0.2, 0) is 15.0 Å². The summed E-state index contributed by atoms with van der Waals surface area (Å²) in [6.07, 6.45) is 1.19. The summed E-state index contributed by atoms with van der Waals surface area (Å²) in [6, 6.07) is 6.02. The molecular weight excluding hydrogens is 314 g/mol. The van der Waals surface area contributed by atoms with Gasteiger partial charge >= 0.3 is 0 Å². The Bertz CT molecular complexity index is 616. The zero-order valence-electron chi connectivity index (χ0n) is 11.9. The van der Waals surface area contributed by atoms with Crippen LogP contribution in [0.1, 0.15) is 12.8 Å². The third-order valence-electron chi connectivity index (χ3n) is 3.38. The Kier molecular flexibility index (Phi) is 4.88. The van der Waals surface area contributed by atoms with Crippen LogP contribution < -0.4 is 5.32 Å². The molecule has 6 nitrogen and oxygen atoms in total. The third kappa shape index (κ3) is 3.55. The molecule has 116 valence electrons. The maximum absolute atomic E-state index is 12.3. The standard InChI is InChI=1S/C13H18ClN3O3S/c1-16(2)21(19,20)17-9-3-4-12(17)13(18)15-11-7-5-10(14)6-8-11/h5-8,12H,3-4,9H2,1-2H3,(H,15,18)/t12-/m1/s1. The van der Waals surface area contributed by atoms with Crippen molar-refractivity contribution >= 4 is 33.4 Å². The number of amides is 1. The highest BCUT2D eigenvalue weighted by Crippen LogP contribution is 2.24. The first kappa shape index (κ1) is 16.2. The number of benzene rings is 1. The minimum atomic E-state index is -3.59. The summed E-state index contributed by atoms with van der Waals surface area (Å²) in [5.41, 5.74) is 0.596. The topological polar surface area (TPSA) is 69.7 Å². The van der Waals surface area contributed by atoms with Crippen LogP contribution in [0.4, 0.5) is 5.69 Å². The lowest BCUT2D eigenvalue weighted by Crippen LogP contribution is -2.47. The van der Waals surface area contributed by atoms with Crippen molar-refractivity contribution in [3.05, 3.63) is 29.3 Å². The lowest BCUT2D eigenvalue weighted by molar-refractivity contribution is -0.119. The molecule has 1 atom stereocenters. The van der Waals surface area contributed by atoms with Crippen LogP contribution in [0.5, 0.6) is 0 Å². The van der Waals surface area contributed by atoms with E-state index in [1.54, 1.807) is 24.3 Å². The van der Waals surface area contributed by atoms with Crippen LogP contribution in [0.2, 0.25) is 5.02 Å². The van der Waals surface area contributed by atoms with Crippen molar-refractivity contribution < 1.29 is 13.2 Å². The quantitative estimate of drug-likeness (QED) is 0.910. The second-order valence-electron chi connectivity index (χ2n) is 5.06. The predicted molar refractivity (Wildman–Crippen MR) is 82.4 cm³/mol. The summed E-state index contributed by atoms with van der Waals surface area (Å²) in [5, 5.41) is 3.30. The molecule has 1 fully saturated rings. The van der Waals surface area contributed by atoms with Crippen LogP contribution in [0.25, 0.3) is 0 Å². The summed E-state index contributed by atoms with van der Waals surface area (Å²) in [5.74, 6) is -0.319. The summed E-state index contributed by atoms with van der Waals surface area (Å²) in [6.45, 7) is 0.360. The third-order valence-corrected chi connectivity index (χ3v) is 5.58. The molecular formula is C13H18ClN3O3S. The first-order valence-electron chi connectivity index (χ1n) is 6.58. The minimum Gasteiger partial charge on any atom is -0.325 e. The second-order valence-corrected chi connectivity index (χ2v) is 7.59. The highest BCUT2D eigenvalue weighted by atomic mass is 35.5. The molecule has 1 saturated heterocycles. The van der Waals surface area contributed by atoms with E-state index in [1.807, 2.05) is 0 Å². The molecule has 1 aliphatic rings. The van der Waals surface area contributed by atoms with E-state index in [9.17, 15) is 13.2 Å². The van der Waals surface area contributed by atoms with Gasteiger partial charge in [0.2, 0.25) is 5.91 Å². The predicted octanol–water partition coefficient (Wildman–Crippen LogP) is 1.55. The molecule has 21 heavy (non-hydrogen) atoms. The normalized spacial score (nSPS) is 19.9. The first-order chi connectivity index (χ1) is 9.82. The molecule has 2 rings (SSSR count). The number of nitrogens with one attached hydrogen (secondary N) is 1. The van der Waals surface area contributed by atoms with Crippen molar-refractivity contribution in [2.45, 2.75) is 18.9 Å². The van der Waals surface area contributed by atoms with Crippen molar-refractivity contribution in [2.24, 2.45) is 0 Å². The van der Waals surface area contributed by atoms with Crippen LogP contribution in [-0.4, -0.2) is 49.6 Å². The van der Waals surface area contributed by atoms with Crippen LogP contribution in [0.15, 0.2) is 24.3 Å². The Hall–Kier alpha value is -1.15. The largest absolute Gasteiger partial charge is 0.325 e. The van der Waals surface area contributed by atoms with E-state index in [2.05, 4.69) is 5.32 Å². The van der Waals surface area contributed by atoms with Gasteiger partial charge in [-0.2, -0.15) is 17.0 Å². The number of carbonyl (C=O) groups is 1. The van der Waals surface area contributed by atoms with Gasteiger partial charge in [-0.3, -0.25) is 4.79 Å². The average Bonchev–Trinajstić information content (AvgIpc) is 2.91. The highest BCUT2D eigenvalue weighted by Gasteiger charge is 2.39. The van der Waals surface area contributed by atoms with Crippen LogP contribution in [0, 0.1) is 0 Å². The molecule has 1 aromatic carbocycles. The number of anilines is 1. The number of hydrogen-bond donors (Lipinski definition) is 1. The molecule has 0 bridgehead atoms. The lowest BCUT2D eigenvalue weighted by atomic mass is 10.2. The number of halogens is 1. The fraction of sp³-hybridized carbons (Fsp3) is 0.462. The molecule has 1 N–H and O–H groups in total. The Balaban J connectivity index is 2.13. The maximum Gasteiger partial charge on any atom is 0.282 e. The average molecular weight is 332 g/mol. The summed E-state index contributed by atoms with van der Waals surface area (Å²) < 4.78 is 26.8. The van der Waals surface area contributed by atoms with Crippen LogP contribution in [0.3, 0.4) is 0 Å². The molecule has 0 saturated carbocycles. The van der Waals surface area contributed by atoms with Crippen molar-refractivity contribution in [1.82, 2.24) is 8.61 Å². The van der Waals surface area contributed by atoms with Gasteiger partial charge in [0.25, 0.3) is 10.2 Å². The van der Waals surface area contributed by atoms with Gasteiger partial charge in [0.15, 0.2) is 0 Å². The number of rotatable bonds is 4. The smallest absolute Gasteiger partial charge is 0.282 e. The molecule has 0 unspecified atom stereocenters. The molecule has 1 aromatic rings. The summed E-state index contributed by atoms with van der Waals surface area (Å²) in [7, 11) is -0.665. The lowest BCUT2D eigenvalue weighted by Gasteiger charge is -2.26. The van der Waals surface area contributed by atoms with Crippen molar-refractivity contribution in [3.8, 4) is 0 Å².